The van der Waals surface area contributed by atoms with Crippen LogP contribution >= 0.6 is 12.4 Å². The van der Waals surface area contributed by atoms with Crippen molar-refractivity contribution < 1.29 is 17.7 Å². The van der Waals surface area contributed by atoms with Crippen LogP contribution in [0.25, 0.3) is 0 Å². The van der Waals surface area contributed by atoms with E-state index in [0.717, 1.165) is 5.56 Å². The van der Waals surface area contributed by atoms with Gasteiger partial charge in [0.25, 0.3) is 10.1 Å². The molecule has 7 heteroatoms. The first kappa shape index (κ1) is 17.3. The van der Waals surface area contributed by atoms with E-state index in [4.69, 9.17) is 5.73 Å². The molecule has 0 aromatic heterocycles. The normalized spacial score (nSPS) is 12.8. The summed E-state index contributed by atoms with van der Waals surface area (Å²) in [6, 6.07) is 6.23. The van der Waals surface area contributed by atoms with Crippen molar-refractivity contribution in [1.29, 1.82) is 0 Å². The van der Waals surface area contributed by atoms with Crippen molar-refractivity contribution in [1.82, 2.24) is 0 Å². The minimum Gasteiger partial charge on any atom is -0.367 e. The van der Waals surface area contributed by atoms with Gasteiger partial charge in [0.2, 0.25) is 0 Å². The van der Waals surface area contributed by atoms with Crippen molar-refractivity contribution in [3.05, 3.63) is 29.8 Å². The van der Waals surface area contributed by atoms with Crippen molar-refractivity contribution >= 4 is 22.5 Å². The van der Waals surface area contributed by atoms with Crippen LogP contribution in [0.4, 0.5) is 0 Å². The maximum absolute atomic E-state index is 11.7. The predicted molar refractivity (Wildman–Crippen MR) is 71.0 cm³/mol. The van der Waals surface area contributed by atoms with Gasteiger partial charge in [-0.05, 0) is 32.0 Å². The zero-order chi connectivity index (χ0) is 12.9. The number of halogens is 1. The quantitative estimate of drug-likeness (QED) is 0.607. The van der Waals surface area contributed by atoms with Gasteiger partial charge in [-0.15, -0.1) is 12.4 Å². The first-order chi connectivity index (χ1) is 7.95. The number of hydrogen-bond acceptors (Lipinski definition) is 5. The Labute approximate surface area is 113 Å². The Bertz CT molecular complexity index is 447. The Kier molecular flexibility index (Phi) is 7.42. The molecule has 0 radical (unpaired) electrons. The summed E-state index contributed by atoms with van der Waals surface area (Å²) < 4.78 is 28.0. The highest BCUT2D eigenvalue weighted by molar-refractivity contribution is 7.86. The van der Waals surface area contributed by atoms with Gasteiger partial charge in [0, 0.05) is 6.42 Å². The van der Waals surface area contributed by atoms with Gasteiger partial charge in [0.15, 0.2) is 6.29 Å². The van der Waals surface area contributed by atoms with E-state index in [0.29, 0.717) is 13.0 Å². The summed E-state index contributed by atoms with van der Waals surface area (Å²) in [4.78, 5) is 0.0369. The summed E-state index contributed by atoms with van der Waals surface area (Å²) >= 11 is 0. The van der Waals surface area contributed by atoms with Gasteiger partial charge in [-0.3, -0.25) is 0 Å². The van der Waals surface area contributed by atoms with Gasteiger partial charge in [0.05, 0.1) is 4.90 Å². The fourth-order valence-electron chi connectivity index (χ4n) is 1.25. The van der Waals surface area contributed by atoms with Crippen LogP contribution < -0.4 is 5.73 Å². The Balaban J connectivity index is 0.00000289. The molecule has 1 unspecified atom stereocenters. The van der Waals surface area contributed by atoms with Crippen LogP contribution in [0.3, 0.4) is 0 Å². The summed E-state index contributed by atoms with van der Waals surface area (Å²) in [5, 5.41) is 9.37. The van der Waals surface area contributed by atoms with Gasteiger partial charge >= 0.3 is 0 Å². The Morgan fingerprint density at radius 2 is 1.89 bits per heavy atom. The lowest BCUT2D eigenvalue weighted by molar-refractivity contribution is -0.0184. The largest absolute Gasteiger partial charge is 0.367 e. The topological polar surface area (TPSA) is 89.6 Å². The summed E-state index contributed by atoms with van der Waals surface area (Å²) in [5.74, 6) is 0. The molecule has 1 atom stereocenters. The van der Waals surface area contributed by atoms with Crippen LogP contribution in [-0.2, 0) is 14.3 Å². The fraction of sp³-hybridized carbons (Fsp3) is 0.455. The van der Waals surface area contributed by atoms with E-state index >= 15 is 0 Å². The molecular weight excluding hydrogens is 278 g/mol. The van der Waals surface area contributed by atoms with Gasteiger partial charge < -0.3 is 10.8 Å². The van der Waals surface area contributed by atoms with Crippen LogP contribution in [-0.4, -0.2) is 26.4 Å². The first-order valence-corrected chi connectivity index (χ1v) is 6.74. The lowest BCUT2D eigenvalue weighted by Crippen LogP contribution is -2.19. The highest BCUT2D eigenvalue weighted by Crippen LogP contribution is 2.15. The van der Waals surface area contributed by atoms with Crippen molar-refractivity contribution in [2.75, 3.05) is 6.54 Å². The van der Waals surface area contributed by atoms with Crippen molar-refractivity contribution in [2.45, 2.75) is 31.0 Å². The second-order valence-corrected chi connectivity index (χ2v) is 5.32. The van der Waals surface area contributed by atoms with Crippen LogP contribution in [0.15, 0.2) is 29.2 Å². The van der Waals surface area contributed by atoms with Gasteiger partial charge in [-0.1, -0.05) is 17.7 Å². The van der Waals surface area contributed by atoms with E-state index in [1.807, 2.05) is 6.92 Å². The van der Waals surface area contributed by atoms with Crippen LogP contribution in [0, 0.1) is 6.92 Å². The molecule has 0 bridgehead atoms. The molecule has 0 saturated heterocycles. The fourth-order valence-corrected chi connectivity index (χ4v) is 2.22. The molecule has 0 saturated carbocycles. The monoisotopic (exact) mass is 295 g/mol. The summed E-state index contributed by atoms with van der Waals surface area (Å²) in [7, 11) is -3.90. The highest BCUT2D eigenvalue weighted by atomic mass is 35.5. The van der Waals surface area contributed by atoms with Gasteiger partial charge in [-0.25, -0.2) is 4.18 Å². The minimum atomic E-state index is -3.90. The molecule has 5 nitrogen and oxygen atoms in total. The van der Waals surface area contributed by atoms with E-state index in [1.54, 1.807) is 12.1 Å². The molecule has 18 heavy (non-hydrogen) atoms. The second kappa shape index (κ2) is 7.70. The third-order valence-electron chi connectivity index (χ3n) is 2.20. The molecular formula is C11H18ClNO4S. The Hall–Kier alpha value is -0.660. The molecule has 1 rings (SSSR count). The maximum Gasteiger partial charge on any atom is 0.299 e. The number of benzene rings is 1. The molecule has 0 aliphatic heterocycles. The zero-order valence-corrected chi connectivity index (χ0v) is 11.7. The molecule has 0 aliphatic carbocycles. The van der Waals surface area contributed by atoms with Crippen molar-refractivity contribution in [2.24, 2.45) is 5.73 Å². The number of nitrogens with two attached hydrogens (primary N) is 1. The lowest BCUT2D eigenvalue weighted by Gasteiger charge is -2.11. The van der Waals surface area contributed by atoms with Crippen molar-refractivity contribution in [3.63, 3.8) is 0 Å². The van der Waals surface area contributed by atoms with Gasteiger partial charge in [0.1, 0.15) is 0 Å². The minimum absolute atomic E-state index is 0. The SMILES string of the molecule is Cc1ccc(S(=O)(=O)OC(O)CCCN)cc1.Cl. The molecule has 0 heterocycles. The smallest absolute Gasteiger partial charge is 0.299 e. The average molecular weight is 296 g/mol. The highest BCUT2D eigenvalue weighted by Gasteiger charge is 2.19. The number of aliphatic hydroxyl groups is 1. The summed E-state index contributed by atoms with van der Waals surface area (Å²) in [6.07, 6.45) is -0.642. The second-order valence-electron chi connectivity index (χ2n) is 3.75. The number of rotatable bonds is 6. The van der Waals surface area contributed by atoms with E-state index < -0.39 is 16.4 Å². The molecule has 3 N–H and O–H groups in total. The molecule has 104 valence electrons. The van der Waals surface area contributed by atoms with Crippen LogP contribution in [0.5, 0.6) is 0 Å². The Morgan fingerprint density at radius 1 is 1.33 bits per heavy atom. The molecule has 1 aromatic carbocycles. The number of aliphatic hydroxyl groups excluding tert-OH is 1. The molecule has 0 spiro atoms. The van der Waals surface area contributed by atoms with Crippen molar-refractivity contribution in [3.8, 4) is 0 Å². The van der Waals surface area contributed by atoms with Crippen LogP contribution in [0.2, 0.25) is 0 Å². The van der Waals surface area contributed by atoms with E-state index in [1.165, 1.54) is 12.1 Å². The molecule has 1 aromatic rings. The predicted octanol–water partition coefficient (Wildman–Crippen LogP) is 1.18. The Morgan fingerprint density at radius 3 is 2.39 bits per heavy atom. The summed E-state index contributed by atoms with van der Waals surface area (Å²) in [6.45, 7) is 2.23. The first-order valence-electron chi connectivity index (χ1n) is 5.34. The maximum atomic E-state index is 11.7. The average Bonchev–Trinajstić information content (AvgIpc) is 2.26. The summed E-state index contributed by atoms with van der Waals surface area (Å²) in [5.41, 5.74) is 6.20. The van der Waals surface area contributed by atoms with E-state index in [9.17, 15) is 13.5 Å². The van der Waals surface area contributed by atoms with Gasteiger partial charge in [-0.2, -0.15) is 8.42 Å². The number of hydrogen-bond donors (Lipinski definition) is 2. The third-order valence-corrected chi connectivity index (χ3v) is 3.53. The standard InChI is InChI=1S/C11H17NO4S.ClH/c1-9-4-6-10(7-5-9)17(14,15)16-11(13)3-2-8-12;/h4-7,11,13H,2-3,8,12H2,1H3;1H. The molecule has 0 amide bonds. The van der Waals surface area contributed by atoms with E-state index in [2.05, 4.69) is 4.18 Å². The molecule has 0 aliphatic rings. The molecule has 0 fully saturated rings. The third kappa shape index (κ3) is 5.32. The zero-order valence-electron chi connectivity index (χ0n) is 10.1. The van der Waals surface area contributed by atoms with Crippen LogP contribution in [0.1, 0.15) is 18.4 Å². The lowest BCUT2D eigenvalue weighted by atomic mass is 10.2. The van der Waals surface area contributed by atoms with E-state index in [-0.39, 0.29) is 23.7 Å². The number of aryl methyl sites for hydroxylation is 1.